The second kappa shape index (κ2) is 5.58. The Balaban J connectivity index is 1.59. The fraction of sp³-hybridized carbons (Fsp3) is 0.500. The fourth-order valence-corrected chi connectivity index (χ4v) is 2.63. The van der Waals surface area contributed by atoms with Crippen molar-refractivity contribution in [3.05, 3.63) is 35.7 Å². The summed E-state index contributed by atoms with van der Waals surface area (Å²) < 4.78 is 4.97. The minimum atomic E-state index is 0.416. The molecule has 0 aromatic carbocycles. The van der Waals surface area contributed by atoms with Gasteiger partial charge in [-0.3, -0.25) is 4.90 Å². The third-order valence-corrected chi connectivity index (χ3v) is 3.65. The van der Waals surface area contributed by atoms with Gasteiger partial charge in [0.05, 0.1) is 7.11 Å². The Kier molecular flexibility index (Phi) is 3.64. The van der Waals surface area contributed by atoms with Crippen LogP contribution < -0.4 is 4.74 Å². The van der Waals surface area contributed by atoms with Crippen molar-refractivity contribution >= 4 is 0 Å². The van der Waals surface area contributed by atoms with E-state index in [1.807, 2.05) is 25.5 Å². The smallest absolute Gasteiger partial charge is 0.316 e. The molecule has 1 aliphatic heterocycles. The number of methoxy groups -OCH3 is 1. The van der Waals surface area contributed by atoms with Crippen LogP contribution in [0.2, 0.25) is 0 Å². The lowest BCUT2D eigenvalue weighted by Gasteiger charge is -2.15. The van der Waals surface area contributed by atoms with E-state index in [4.69, 9.17) is 4.74 Å². The number of aromatic amines is 1. The average molecular weight is 273 g/mol. The summed E-state index contributed by atoms with van der Waals surface area (Å²) >= 11 is 0. The van der Waals surface area contributed by atoms with Crippen molar-refractivity contribution in [3.8, 4) is 6.01 Å². The summed E-state index contributed by atoms with van der Waals surface area (Å²) in [5.41, 5.74) is 2.24. The van der Waals surface area contributed by atoms with Crippen molar-refractivity contribution in [2.24, 2.45) is 0 Å². The zero-order valence-corrected chi connectivity index (χ0v) is 11.8. The van der Waals surface area contributed by atoms with E-state index in [1.54, 1.807) is 7.11 Å². The summed E-state index contributed by atoms with van der Waals surface area (Å²) in [6.45, 7) is 5.02. The summed E-state index contributed by atoms with van der Waals surface area (Å²) in [6, 6.07) is 0.416. The number of H-pyrrole nitrogens is 1. The quantitative estimate of drug-likeness (QED) is 0.914. The Morgan fingerprint density at radius 2 is 2.10 bits per heavy atom. The van der Waals surface area contributed by atoms with Crippen LogP contribution in [0.15, 0.2) is 18.6 Å². The van der Waals surface area contributed by atoms with Crippen molar-refractivity contribution < 1.29 is 4.74 Å². The van der Waals surface area contributed by atoms with Gasteiger partial charge >= 0.3 is 6.01 Å². The van der Waals surface area contributed by atoms with Crippen molar-refractivity contribution in [2.75, 3.05) is 20.2 Å². The molecule has 0 bridgehead atoms. The molecule has 0 saturated carbocycles. The third kappa shape index (κ3) is 2.80. The van der Waals surface area contributed by atoms with Gasteiger partial charge in [-0.05, 0) is 19.9 Å². The normalized spacial score (nSPS) is 19.4. The predicted octanol–water partition coefficient (Wildman–Crippen LogP) is 1.51. The van der Waals surface area contributed by atoms with Crippen LogP contribution in [0.3, 0.4) is 0 Å². The van der Waals surface area contributed by atoms with Gasteiger partial charge in [-0.1, -0.05) is 0 Å². The Morgan fingerprint density at radius 3 is 2.75 bits per heavy atom. The van der Waals surface area contributed by atoms with Crippen LogP contribution >= 0.6 is 0 Å². The molecule has 3 heterocycles. The second-order valence-corrected chi connectivity index (χ2v) is 5.25. The first kappa shape index (κ1) is 13.1. The van der Waals surface area contributed by atoms with Crippen LogP contribution in [0.4, 0.5) is 0 Å². The predicted molar refractivity (Wildman–Crippen MR) is 74.5 cm³/mol. The van der Waals surface area contributed by atoms with Gasteiger partial charge in [0.15, 0.2) is 0 Å². The summed E-state index contributed by atoms with van der Waals surface area (Å²) in [6.07, 6.45) is 6.70. The van der Waals surface area contributed by atoms with Crippen LogP contribution in [0.1, 0.15) is 29.4 Å². The summed E-state index contributed by atoms with van der Waals surface area (Å²) in [4.78, 5) is 18.5. The number of ether oxygens (including phenoxy) is 1. The van der Waals surface area contributed by atoms with Gasteiger partial charge in [0.1, 0.15) is 5.82 Å². The number of rotatable bonds is 4. The summed E-state index contributed by atoms with van der Waals surface area (Å²) in [5, 5.41) is 0. The highest BCUT2D eigenvalue weighted by molar-refractivity contribution is 5.10. The van der Waals surface area contributed by atoms with E-state index in [0.717, 1.165) is 43.1 Å². The Bertz CT molecular complexity index is 565. The molecule has 2 aromatic heterocycles. The lowest BCUT2D eigenvalue weighted by Crippen LogP contribution is -2.20. The van der Waals surface area contributed by atoms with Crippen LogP contribution in [-0.2, 0) is 6.54 Å². The second-order valence-electron chi connectivity index (χ2n) is 5.25. The molecular weight excluding hydrogens is 254 g/mol. The number of hydrogen-bond acceptors (Lipinski definition) is 5. The lowest BCUT2D eigenvalue weighted by atomic mass is 10.1. The number of nitrogens with zero attached hydrogens (tertiary/aromatic N) is 4. The van der Waals surface area contributed by atoms with Crippen LogP contribution in [0, 0.1) is 6.92 Å². The molecule has 0 spiro atoms. The van der Waals surface area contributed by atoms with E-state index in [2.05, 4.69) is 24.8 Å². The third-order valence-electron chi connectivity index (χ3n) is 3.65. The summed E-state index contributed by atoms with van der Waals surface area (Å²) in [5.74, 6) is 1.61. The molecule has 0 aliphatic carbocycles. The van der Waals surface area contributed by atoms with E-state index >= 15 is 0 Å². The highest BCUT2D eigenvalue weighted by Crippen LogP contribution is 2.26. The Labute approximate surface area is 118 Å². The number of aromatic nitrogens is 4. The molecule has 1 aliphatic rings. The van der Waals surface area contributed by atoms with Gasteiger partial charge in [0.2, 0.25) is 0 Å². The molecule has 6 nitrogen and oxygen atoms in total. The maximum absolute atomic E-state index is 4.97. The monoisotopic (exact) mass is 273 g/mol. The molecule has 1 saturated heterocycles. The molecular formula is C14H19N5O. The van der Waals surface area contributed by atoms with Crippen LogP contribution in [-0.4, -0.2) is 45.0 Å². The molecule has 6 heteroatoms. The molecule has 20 heavy (non-hydrogen) atoms. The highest BCUT2D eigenvalue weighted by atomic mass is 16.5. The van der Waals surface area contributed by atoms with E-state index in [9.17, 15) is 0 Å². The number of nitrogens with one attached hydrogen (secondary N) is 1. The van der Waals surface area contributed by atoms with Crippen molar-refractivity contribution in [2.45, 2.75) is 25.8 Å². The first-order chi connectivity index (χ1) is 9.74. The van der Waals surface area contributed by atoms with E-state index in [0.29, 0.717) is 11.9 Å². The highest BCUT2D eigenvalue weighted by Gasteiger charge is 2.25. The van der Waals surface area contributed by atoms with Crippen molar-refractivity contribution in [3.63, 3.8) is 0 Å². The van der Waals surface area contributed by atoms with Gasteiger partial charge < -0.3 is 9.72 Å². The van der Waals surface area contributed by atoms with Gasteiger partial charge in [-0.2, -0.15) is 0 Å². The molecule has 1 atom stereocenters. The first-order valence-corrected chi connectivity index (χ1v) is 6.83. The van der Waals surface area contributed by atoms with Crippen LogP contribution in [0.5, 0.6) is 6.01 Å². The average Bonchev–Trinajstić information content (AvgIpc) is 3.09. The molecule has 0 unspecified atom stereocenters. The molecule has 0 radical (unpaired) electrons. The lowest BCUT2D eigenvalue weighted by molar-refractivity contribution is 0.323. The van der Waals surface area contributed by atoms with E-state index in [1.165, 1.54) is 0 Å². The largest absolute Gasteiger partial charge is 0.467 e. The standard InChI is InChI=1S/C14H19N5O/c1-10-5-15-13(18-10)12-3-4-19(9-12)8-11-6-16-14(20-2)17-7-11/h5-7,12H,3-4,8-9H2,1-2H3,(H,15,18)/t12-/m1/s1. The minimum absolute atomic E-state index is 0.416. The molecule has 0 amide bonds. The van der Waals surface area contributed by atoms with Crippen molar-refractivity contribution in [1.82, 2.24) is 24.8 Å². The molecule has 3 rings (SSSR count). The zero-order chi connectivity index (χ0) is 13.9. The van der Waals surface area contributed by atoms with E-state index in [-0.39, 0.29) is 0 Å². The topological polar surface area (TPSA) is 66.9 Å². The first-order valence-electron chi connectivity index (χ1n) is 6.83. The van der Waals surface area contributed by atoms with Crippen LogP contribution in [0.25, 0.3) is 0 Å². The fourth-order valence-electron chi connectivity index (χ4n) is 2.63. The molecule has 1 fully saturated rings. The van der Waals surface area contributed by atoms with Gasteiger partial charge in [0.25, 0.3) is 0 Å². The Hall–Kier alpha value is -1.95. The SMILES string of the molecule is COc1ncc(CN2CC[C@@H](c3ncc(C)[nH]3)C2)cn1. The maximum Gasteiger partial charge on any atom is 0.316 e. The van der Waals surface area contributed by atoms with Gasteiger partial charge in [-0.15, -0.1) is 0 Å². The number of aryl methyl sites for hydroxylation is 1. The maximum atomic E-state index is 4.97. The van der Waals surface area contributed by atoms with Gasteiger partial charge in [0, 0.05) is 48.9 Å². The summed E-state index contributed by atoms with van der Waals surface area (Å²) in [7, 11) is 1.57. The number of likely N-dealkylation sites (tertiary alicyclic amines) is 1. The zero-order valence-electron chi connectivity index (χ0n) is 11.8. The van der Waals surface area contributed by atoms with E-state index < -0.39 is 0 Å². The minimum Gasteiger partial charge on any atom is -0.467 e. The number of hydrogen-bond donors (Lipinski definition) is 1. The molecule has 1 N–H and O–H groups in total. The van der Waals surface area contributed by atoms with Gasteiger partial charge in [-0.25, -0.2) is 15.0 Å². The molecule has 2 aromatic rings. The van der Waals surface area contributed by atoms with Crippen molar-refractivity contribution in [1.29, 1.82) is 0 Å². The molecule has 106 valence electrons. The Morgan fingerprint density at radius 1 is 1.30 bits per heavy atom. The number of imidazole rings is 1.